The van der Waals surface area contributed by atoms with Crippen LogP contribution in [0.3, 0.4) is 0 Å². The molecule has 0 radical (unpaired) electrons. The van der Waals surface area contributed by atoms with Crippen LogP contribution < -0.4 is 10.6 Å². The Morgan fingerprint density at radius 3 is 2.48 bits per heavy atom. The fourth-order valence-corrected chi connectivity index (χ4v) is 3.49. The standard InChI is InChI=1S/C18H25IN2O4/c1-18(2,3)25-17(23)21-13-7-6-12(10-13)20-15-8-5-11(9-14(15)19)16(22)24-4/h5,8-9,12-13,20H,6-7,10H2,1-4H3,(H,21,23)/t12?,13-/m1/s1. The second-order valence-electron chi connectivity index (χ2n) is 7.18. The van der Waals surface area contributed by atoms with E-state index in [1.165, 1.54) is 7.11 Å². The van der Waals surface area contributed by atoms with Crippen LogP contribution in [-0.2, 0) is 9.47 Å². The maximum absolute atomic E-state index is 11.9. The lowest BCUT2D eigenvalue weighted by Crippen LogP contribution is -2.38. The first kappa shape index (κ1) is 19.8. The fraction of sp³-hybridized carbons (Fsp3) is 0.556. The van der Waals surface area contributed by atoms with Crippen molar-refractivity contribution in [2.45, 2.75) is 57.7 Å². The zero-order valence-electron chi connectivity index (χ0n) is 15.0. The summed E-state index contributed by atoms with van der Waals surface area (Å²) >= 11 is 2.20. The molecule has 0 heterocycles. The van der Waals surface area contributed by atoms with Gasteiger partial charge in [-0.05, 0) is 80.8 Å². The highest BCUT2D eigenvalue weighted by Crippen LogP contribution is 2.27. The number of hydrogen-bond acceptors (Lipinski definition) is 5. The Morgan fingerprint density at radius 2 is 1.88 bits per heavy atom. The molecule has 1 aromatic rings. The van der Waals surface area contributed by atoms with Gasteiger partial charge in [0.25, 0.3) is 0 Å². The largest absolute Gasteiger partial charge is 0.465 e. The van der Waals surface area contributed by atoms with Gasteiger partial charge in [0, 0.05) is 21.3 Å². The lowest BCUT2D eigenvalue weighted by molar-refractivity contribution is 0.0504. The summed E-state index contributed by atoms with van der Waals surface area (Å²) in [5.74, 6) is -0.341. The van der Waals surface area contributed by atoms with E-state index in [-0.39, 0.29) is 24.1 Å². The minimum atomic E-state index is -0.488. The molecule has 1 aromatic carbocycles. The second-order valence-corrected chi connectivity index (χ2v) is 8.35. The molecular weight excluding hydrogens is 435 g/mol. The molecule has 1 unspecified atom stereocenters. The number of methoxy groups -OCH3 is 1. The predicted molar refractivity (Wildman–Crippen MR) is 105 cm³/mol. The second kappa shape index (κ2) is 8.25. The van der Waals surface area contributed by atoms with Crippen LogP contribution in [0.25, 0.3) is 0 Å². The van der Waals surface area contributed by atoms with Gasteiger partial charge in [-0.15, -0.1) is 0 Å². The van der Waals surface area contributed by atoms with Crippen molar-refractivity contribution in [2.24, 2.45) is 0 Å². The third-order valence-corrected chi connectivity index (χ3v) is 4.80. The molecule has 25 heavy (non-hydrogen) atoms. The van der Waals surface area contributed by atoms with Gasteiger partial charge in [-0.25, -0.2) is 9.59 Å². The molecule has 138 valence electrons. The highest BCUT2D eigenvalue weighted by molar-refractivity contribution is 14.1. The Morgan fingerprint density at radius 1 is 1.20 bits per heavy atom. The maximum atomic E-state index is 11.9. The number of ether oxygens (including phenoxy) is 2. The molecule has 0 spiro atoms. The molecule has 0 aromatic heterocycles. The number of alkyl carbamates (subject to hydrolysis) is 1. The molecule has 0 bridgehead atoms. The Kier molecular flexibility index (Phi) is 6.53. The first-order chi connectivity index (χ1) is 11.7. The number of rotatable bonds is 4. The van der Waals surface area contributed by atoms with Gasteiger partial charge in [0.1, 0.15) is 5.60 Å². The molecule has 1 aliphatic carbocycles. The Labute approximate surface area is 162 Å². The highest BCUT2D eigenvalue weighted by Gasteiger charge is 2.28. The van der Waals surface area contributed by atoms with E-state index < -0.39 is 5.60 Å². The Bertz CT molecular complexity index is 642. The molecule has 1 amide bonds. The smallest absolute Gasteiger partial charge is 0.407 e. The van der Waals surface area contributed by atoms with Crippen LogP contribution in [-0.4, -0.2) is 36.9 Å². The van der Waals surface area contributed by atoms with Crippen molar-refractivity contribution in [1.29, 1.82) is 0 Å². The van der Waals surface area contributed by atoms with Crippen LogP contribution in [0, 0.1) is 3.57 Å². The van der Waals surface area contributed by atoms with E-state index in [9.17, 15) is 9.59 Å². The van der Waals surface area contributed by atoms with Crippen molar-refractivity contribution in [3.8, 4) is 0 Å². The molecule has 6 nitrogen and oxygen atoms in total. The molecule has 0 saturated heterocycles. The number of hydrogen-bond donors (Lipinski definition) is 2. The zero-order chi connectivity index (χ0) is 18.6. The summed E-state index contributed by atoms with van der Waals surface area (Å²) in [4.78, 5) is 23.4. The van der Waals surface area contributed by atoms with Crippen molar-refractivity contribution in [2.75, 3.05) is 12.4 Å². The minimum absolute atomic E-state index is 0.111. The fourth-order valence-electron chi connectivity index (χ4n) is 2.81. The van der Waals surface area contributed by atoms with Crippen LogP contribution in [0.4, 0.5) is 10.5 Å². The molecule has 2 atom stereocenters. The average molecular weight is 460 g/mol. The summed E-state index contributed by atoms with van der Waals surface area (Å²) in [5, 5.41) is 6.43. The third-order valence-electron chi connectivity index (χ3n) is 3.90. The van der Waals surface area contributed by atoms with Gasteiger partial charge in [0.05, 0.1) is 12.7 Å². The monoisotopic (exact) mass is 460 g/mol. The third kappa shape index (κ3) is 6.05. The van der Waals surface area contributed by atoms with E-state index in [1.807, 2.05) is 26.8 Å². The van der Waals surface area contributed by atoms with Crippen LogP contribution in [0.15, 0.2) is 18.2 Å². The van der Waals surface area contributed by atoms with Crippen LogP contribution >= 0.6 is 22.6 Å². The number of carbonyl (C=O) groups excluding carboxylic acids is 2. The molecule has 0 aliphatic heterocycles. The maximum Gasteiger partial charge on any atom is 0.407 e. The highest BCUT2D eigenvalue weighted by atomic mass is 127. The number of benzene rings is 1. The molecular formula is C18H25IN2O4. The molecule has 1 saturated carbocycles. The van der Waals surface area contributed by atoms with Crippen molar-refractivity contribution in [1.82, 2.24) is 5.32 Å². The summed E-state index contributed by atoms with van der Waals surface area (Å²) in [6, 6.07) is 5.83. The lowest BCUT2D eigenvalue weighted by Gasteiger charge is -2.22. The summed E-state index contributed by atoms with van der Waals surface area (Å²) in [5.41, 5.74) is 1.03. The van der Waals surface area contributed by atoms with Gasteiger partial charge in [-0.3, -0.25) is 0 Å². The number of halogens is 1. The molecule has 2 N–H and O–H groups in total. The predicted octanol–water partition coefficient (Wildman–Crippen LogP) is 3.94. The lowest BCUT2D eigenvalue weighted by atomic mass is 10.1. The van der Waals surface area contributed by atoms with E-state index in [0.717, 1.165) is 28.5 Å². The van der Waals surface area contributed by atoms with Crippen LogP contribution in [0.1, 0.15) is 50.4 Å². The first-order valence-corrected chi connectivity index (χ1v) is 9.39. The Balaban J connectivity index is 1.89. The molecule has 1 fully saturated rings. The van der Waals surface area contributed by atoms with Crippen molar-refractivity contribution < 1.29 is 19.1 Å². The molecule has 7 heteroatoms. The van der Waals surface area contributed by atoms with E-state index in [4.69, 9.17) is 9.47 Å². The van der Waals surface area contributed by atoms with Gasteiger partial charge in [-0.1, -0.05) is 0 Å². The normalized spacial score (nSPS) is 20.0. The first-order valence-electron chi connectivity index (χ1n) is 8.32. The number of carbonyl (C=O) groups is 2. The molecule has 1 aliphatic rings. The summed E-state index contributed by atoms with van der Waals surface area (Å²) in [6.07, 6.45) is 2.35. The quantitative estimate of drug-likeness (QED) is 0.526. The number of esters is 1. The number of amides is 1. The van der Waals surface area contributed by atoms with Crippen molar-refractivity contribution >= 4 is 40.3 Å². The minimum Gasteiger partial charge on any atom is -0.465 e. The zero-order valence-corrected chi connectivity index (χ0v) is 17.2. The van der Waals surface area contributed by atoms with E-state index >= 15 is 0 Å². The van der Waals surface area contributed by atoms with Crippen LogP contribution in [0.5, 0.6) is 0 Å². The number of anilines is 1. The van der Waals surface area contributed by atoms with Gasteiger partial charge < -0.3 is 20.1 Å². The summed E-state index contributed by atoms with van der Waals surface area (Å²) in [7, 11) is 1.37. The van der Waals surface area contributed by atoms with Gasteiger partial charge in [-0.2, -0.15) is 0 Å². The summed E-state index contributed by atoms with van der Waals surface area (Å²) < 4.78 is 11.0. The van der Waals surface area contributed by atoms with Gasteiger partial charge in [0.15, 0.2) is 0 Å². The van der Waals surface area contributed by atoms with E-state index in [2.05, 4.69) is 33.2 Å². The molecule has 2 rings (SSSR count). The van der Waals surface area contributed by atoms with Gasteiger partial charge in [0.2, 0.25) is 0 Å². The van der Waals surface area contributed by atoms with Gasteiger partial charge >= 0.3 is 12.1 Å². The van der Waals surface area contributed by atoms with E-state index in [1.54, 1.807) is 12.1 Å². The summed E-state index contributed by atoms with van der Waals surface area (Å²) in [6.45, 7) is 5.56. The van der Waals surface area contributed by atoms with E-state index in [0.29, 0.717) is 5.56 Å². The van der Waals surface area contributed by atoms with Crippen LogP contribution in [0.2, 0.25) is 0 Å². The number of nitrogens with one attached hydrogen (secondary N) is 2. The van der Waals surface area contributed by atoms with Crippen molar-refractivity contribution in [3.63, 3.8) is 0 Å². The average Bonchev–Trinajstić information content (AvgIpc) is 2.93. The topological polar surface area (TPSA) is 76.7 Å². The SMILES string of the molecule is COC(=O)c1ccc(NC2CC[C@@H](NC(=O)OC(C)(C)C)C2)c(I)c1. The Hall–Kier alpha value is -1.51. The van der Waals surface area contributed by atoms with Crippen molar-refractivity contribution in [3.05, 3.63) is 27.3 Å².